The first kappa shape index (κ1) is 18.0. The molecule has 1 aromatic carbocycles. The van der Waals surface area contributed by atoms with Crippen LogP contribution in [0.5, 0.6) is 0 Å². The smallest absolute Gasteiger partial charge is 0.263 e. The van der Waals surface area contributed by atoms with E-state index in [1.54, 1.807) is 4.90 Å². The van der Waals surface area contributed by atoms with E-state index in [1.165, 1.54) is 6.20 Å². The molecule has 24 heavy (non-hydrogen) atoms. The van der Waals surface area contributed by atoms with E-state index in [1.807, 2.05) is 43.3 Å². The van der Waals surface area contributed by atoms with Gasteiger partial charge in [-0.3, -0.25) is 4.79 Å². The molecule has 1 N–H and O–H groups in total. The summed E-state index contributed by atoms with van der Waals surface area (Å²) in [5.41, 5.74) is 0.925. The molecule has 128 valence electrons. The lowest BCUT2D eigenvalue weighted by molar-refractivity contribution is -0.117. The van der Waals surface area contributed by atoms with Gasteiger partial charge < -0.3 is 10.2 Å². The molecule has 1 unspecified atom stereocenters. The van der Waals surface area contributed by atoms with Crippen molar-refractivity contribution in [3.8, 4) is 6.07 Å². The highest BCUT2D eigenvalue weighted by molar-refractivity contribution is 7.91. The summed E-state index contributed by atoms with van der Waals surface area (Å²) in [5, 5.41) is 12.0. The highest BCUT2D eigenvalue weighted by Gasteiger charge is 2.31. The molecule has 1 aliphatic rings. The summed E-state index contributed by atoms with van der Waals surface area (Å²) < 4.78 is 23.2. The Kier molecular flexibility index (Phi) is 5.99. The van der Waals surface area contributed by atoms with Crippen LogP contribution >= 0.6 is 0 Å². The van der Waals surface area contributed by atoms with Gasteiger partial charge in [0.25, 0.3) is 5.91 Å². The summed E-state index contributed by atoms with van der Waals surface area (Å²) in [5.74, 6) is -0.230. The van der Waals surface area contributed by atoms with Gasteiger partial charge in [0, 0.05) is 25.3 Å². The summed E-state index contributed by atoms with van der Waals surface area (Å²) in [6.07, 6.45) is 2.00. The minimum Gasteiger partial charge on any atom is -0.372 e. The first-order chi connectivity index (χ1) is 11.4. The van der Waals surface area contributed by atoms with Crippen LogP contribution in [0.4, 0.5) is 0 Å². The standard InChI is InChI=1S/C17H21N3O3S/c1-2-20(16-8-9-24(22,23)13-16)12-15(10-18)17(21)19-11-14-6-4-3-5-7-14/h3-7,12,16H,2,8-9,11,13H2,1H3,(H,19,21)/b15-12-. The quantitative estimate of drug-likeness (QED) is 0.617. The molecule has 1 aliphatic heterocycles. The normalized spacial score (nSPS) is 19.5. The Morgan fingerprint density at radius 1 is 1.42 bits per heavy atom. The molecule has 0 spiro atoms. The average Bonchev–Trinajstić information content (AvgIpc) is 2.94. The van der Waals surface area contributed by atoms with E-state index in [0.717, 1.165) is 5.56 Å². The fourth-order valence-electron chi connectivity index (χ4n) is 2.67. The Morgan fingerprint density at radius 2 is 2.12 bits per heavy atom. The predicted octanol–water partition coefficient (Wildman–Crippen LogP) is 1.22. The molecular weight excluding hydrogens is 326 g/mol. The van der Waals surface area contributed by atoms with E-state index < -0.39 is 15.7 Å². The fourth-order valence-corrected chi connectivity index (χ4v) is 4.41. The maximum absolute atomic E-state index is 12.2. The van der Waals surface area contributed by atoms with Gasteiger partial charge in [-0.05, 0) is 18.9 Å². The molecule has 1 atom stereocenters. The molecule has 1 saturated heterocycles. The molecule has 1 fully saturated rings. The van der Waals surface area contributed by atoms with Gasteiger partial charge in [0.2, 0.25) is 0 Å². The lowest BCUT2D eigenvalue weighted by Gasteiger charge is -2.25. The second-order valence-corrected chi connectivity index (χ2v) is 7.94. The van der Waals surface area contributed by atoms with E-state index in [9.17, 15) is 18.5 Å². The van der Waals surface area contributed by atoms with Gasteiger partial charge >= 0.3 is 0 Å². The number of rotatable bonds is 6. The summed E-state index contributed by atoms with van der Waals surface area (Å²) in [6.45, 7) is 2.75. The number of nitrogens with zero attached hydrogens (tertiary/aromatic N) is 2. The van der Waals surface area contributed by atoms with E-state index in [2.05, 4.69) is 5.32 Å². The van der Waals surface area contributed by atoms with E-state index >= 15 is 0 Å². The first-order valence-corrected chi connectivity index (χ1v) is 9.67. The van der Waals surface area contributed by atoms with Crippen molar-refractivity contribution in [3.63, 3.8) is 0 Å². The molecule has 2 rings (SSSR count). The number of amides is 1. The van der Waals surface area contributed by atoms with Crippen molar-refractivity contribution < 1.29 is 13.2 Å². The maximum Gasteiger partial charge on any atom is 0.263 e. The maximum atomic E-state index is 12.2. The van der Waals surface area contributed by atoms with Crippen LogP contribution in [0.3, 0.4) is 0 Å². The van der Waals surface area contributed by atoms with Crippen molar-refractivity contribution in [2.45, 2.75) is 25.9 Å². The second-order valence-electron chi connectivity index (χ2n) is 5.71. The molecule has 6 nitrogen and oxygen atoms in total. The predicted molar refractivity (Wildman–Crippen MR) is 91.4 cm³/mol. The molecule has 0 bridgehead atoms. The average molecular weight is 347 g/mol. The number of nitriles is 1. The van der Waals surface area contributed by atoms with Crippen molar-refractivity contribution in [1.82, 2.24) is 10.2 Å². The number of carbonyl (C=O) groups excluding carboxylic acids is 1. The molecular formula is C17H21N3O3S. The zero-order chi connectivity index (χ0) is 17.6. The fraction of sp³-hybridized carbons (Fsp3) is 0.412. The SMILES string of the molecule is CCN(/C=C(/C#N)C(=O)NCc1ccccc1)C1CCS(=O)(=O)C1. The topological polar surface area (TPSA) is 90.3 Å². The van der Waals surface area contributed by atoms with Crippen LogP contribution in [0.1, 0.15) is 18.9 Å². The lowest BCUT2D eigenvalue weighted by Crippen LogP contribution is -2.33. The van der Waals surface area contributed by atoms with Crippen LogP contribution in [-0.4, -0.2) is 43.3 Å². The Bertz CT molecular complexity index is 751. The summed E-state index contributed by atoms with van der Waals surface area (Å²) in [6, 6.07) is 11.1. The van der Waals surface area contributed by atoms with E-state index in [4.69, 9.17) is 0 Å². The van der Waals surface area contributed by atoms with Gasteiger partial charge in [0.1, 0.15) is 11.6 Å². The van der Waals surface area contributed by atoms with Crippen LogP contribution < -0.4 is 5.32 Å². The minimum atomic E-state index is -3.01. The zero-order valence-electron chi connectivity index (χ0n) is 13.6. The zero-order valence-corrected chi connectivity index (χ0v) is 14.4. The van der Waals surface area contributed by atoms with Crippen LogP contribution in [0.15, 0.2) is 42.1 Å². The molecule has 1 heterocycles. The summed E-state index contributed by atoms with van der Waals surface area (Å²) >= 11 is 0. The molecule has 0 radical (unpaired) electrons. The number of hydrogen-bond acceptors (Lipinski definition) is 5. The number of benzene rings is 1. The van der Waals surface area contributed by atoms with Gasteiger partial charge in [0.05, 0.1) is 11.5 Å². The van der Waals surface area contributed by atoms with Crippen molar-refractivity contribution in [2.24, 2.45) is 0 Å². The number of carbonyl (C=O) groups is 1. The van der Waals surface area contributed by atoms with Crippen LogP contribution in [0.2, 0.25) is 0 Å². The number of sulfone groups is 1. The van der Waals surface area contributed by atoms with Crippen LogP contribution in [-0.2, 0) is 21.2 Å². The second kappa shape index (κ2) is 7.97. The van der Waals surface area contributed by atoms with Gasteiger partial charge in [-0.15, -0.1) is 0 Å². The molecule has 1 amide bonds. The highest BCUT2D eigenvalue weighted by atomic mass is 32.2. The number of hydrogen-bond donors (Lipinski definition) is 1. The summed E-state index contributed by atoms with van der Waals surface area (Å²) in [7, 11) is -3.01. The van der Waals surface area contributed by atoms with Crippen LogP contribution in [0.25, 0.3) is 0 Å². The monoisotopic (exact) mass is 347 g/mol. The van der Waals surface area contributed by atoms with E-state index in [0.29, 0.717) is 19.5 Å². The highest BCUT2D eigenvalue weighted by Crippen LogP contribution is 2.18. The van der Waals surface area contributed by atoms with Gasteiger partial charge in [-0.1, -0.05) is 30.3 Å². The third-order valence-electron chi connectivity index (χ3n) is 4.00. The Balaban J connectivity index is 2.03. The Labute approximate surface area is 142 Å². The Hall–Kier alpha value is -2.33. The third-order valence-corrected chi connectivity index (χ3v) is 5.75. The molecule has 0 aromatic heterocycles. The largest absolute Gasteiger partial charge is 0.372 e. The molecule has 7 heteroatoms. The van der Waals surface area contributed by atoms with Gasteiger partial charge in [-0.2, -0.15) is 5.26 Å². The van der Waals surface area contributed by atoms with Gasteiger partial charge in [0.15, 0.2) is 9.84 Å². The first-order valence-electron chi connectivity index (χ1n) is 7.85. The van der Waals surface area contributed by atoms with Crippen molar-refractivity contribution in [3.05, 3.63) is 47.7 Å². The van der Waals surface area contributed by atoms with Crippen LogP contribution in [0, 0.1) is 11.3 Å². The molecule has 0 aliphatic carbocycles. The van der Waals surface area contributed by atoms with Crippen molar-refractivity contribution in [2.75, 3.05) is 18.1 Å². The molecule has 0 saturated carbocycles. The summed E-state index contributed by atoms with van der Waals surface area (Å²) in [4.78, 5) is 14.0. The lowest BCUT2D eigenvalue weighted by atomic mass is 10.2. The molecule has 1 aromatic rings. The van der Waals surface area contributed by atoms with Gasteiger partial charge in [-0.25, -0.2) is 8.42 Å². The minimum absolute atomic E-state index is 0.0166. The third kappa shape index (κ3) is 4.83. The van der Waals surface area contributed by atoms with Crippen molar-refractivity contribution in [1.29, 1.82) is 5.26 Å². The number of nitrogens with one attached hydrogen (secondary N) is 1. The van der Waals surface area contributed by atoms with Crippen molar-refractivity contribution >= 4 is 15.7 Å². The van der Waals surface area contributed by atoms with E-state index in [-0.39, 0.29) is 23.1 Å². The Morgan fingerprint density at radius 3 is 2.67 bits per heavy atom.